The SMILES string of the molecule is CCc1c(CN2CCC(c3c(C(=O)N(C)C)sc4ccccc34)C2)c2ccccc2n1C. The van der Waals surface area contributed by atoms with Crippen molar-refractivity contribution in [3.05, 3.63) is 70.2 Å². The van der Waals surface area contributed by atoms with Gasteiger partial charge in [-0.25, -0.2) is 0 Å². The smallest absolute Gasteiger partial charge is 0.263 e. The fourth-order valence-electron chi connectivity index (χ4n) is 5.42. The van der Waals surface area contributed by atoms with Gasteiger partial charge in [0.15, 0.2) is 0 Å². The van der Waals surface area contributed by atoms with Crippen molar-refractivity contribution in [1.82, 2.24) is 14.4 Å². The van der Waals surface area contributed by atoms with Gasteiger partial charge in [0, 0.05) is 61.4 Å². The standard InChI is InChI=1S/C27H31N3OS/c1-5-22-21(19-10-6-8-12-23(19)29(22)4)17-30-15-14-18(16-30)25-20-11-7-9-13-24(20)32-26(25)27(31)28(2)3/h6-13,18H,5,14-17H2,1-4H3. The molecule has 0 N–H and O–H groups in total. The Hall–Kier alpha value is -2.63. The van der Waals surface area contributed by atoms with E-state index < -0.39 is 0 Å². The van der Waals surface area contributed by atoms with Crippen LogP contribution in [0.25, 0.3) is 21.0 Å². The summed E-state index contributed by atoms with van der Waals surface area (Å²) < 4.78 is 3.58. The van der Waals surface area contributed by atoms with E-state index in [1.54, 1.807) is 16.2 Å². The van der Waals surface area contributed by atoms with E-state index in [1.165, 1.54) is 37.8 Å². The number of benzene rings is 2. The van der Waals surface area contributed by atoms with Gasteiger partial charge in [0.1, 0.15) is 0 Å². The number of aryl methyl sites for hydroxylation is 1. The Kier molecular flexibility index (Phi) is 5.56. The van der Waals surface area contributed by atoms with Crippen LogP contribution in [-0.2, 0) is 20.0 Å². The lowest BCUT2D eigenvalue weighted by atomic mass is 9.95. The average molecular weight is 446 g/mol. The van der Waals surface area contributed by atoms with Crippen molar-refractivity contribution in [2.75, 3.05) is 27.2 Å². The fourth-order valence-corrected chi connectivity index (χ4v) is 6.73. The van der Waals surface area contributed by atoms with Crippen LogP contribution in [0.3, 0.4) is 0 Å². The minimum Gasteiger partial charge on any atom is -0.347 e. The summed E-state index contributed by atoms with van der Waals surface area (Å²) in [6.07, 6.45) is 2.13. The molecule has 1 aliphatic rings. The van der Waals surface area contributed by atoms with E-state index in [-0.39, 0.29) is 5.91 Å². The fraction of sp³-hybridized carbons (Fsp3) is 0.370. The number of hydrogen-bond donors (Lipinski definition) is 0. The Bertz CT molecular complexity index is 1300. The van der Waals surface area contributed by atoms with Crippen LogP contribution in [0.1, 0.15) is 45.8 Å². The summed E-state index contributed by atoms with van der Waals surface area (Å²) in [5, 5.41) is 2.63. The zero-order chi connectivity index (χ0) is 22.4. The number of hydrogen-bond acceptors (Lipinski definition) is 3. The molecule has 0 bridgehead atoms. The molecule has 1 atom stereocenters. The number of nitrogens with zero attached hydrogens (tertiary/aromatic N) is 3. The van der Waals surface area contributed by atoms with Crippen LogP contribution >= 0.6 is 11.3 Å². The van der Waals surface area contributed by atoms with Gasteiger partial charge in [-0.3, -0.25) is 9.69 Å². The van der Waals surface area contributed by atoms with Crippen molar-refractivity contribution in [2.24, 2.45) is 7.05 Å². The summed E-state index contributed by atoms with van der Waals surface area (Å²) in [6.45, 7) is 5.29. The highest BCUT2D eigenvalue weighted by molar-refractivity contribution is 7.21. The van der Waals surface area contributed by atoms with Gasteiger partial charge in [-0.15, -0.1) is 11.3 Å². The van der Waals surface area contributed by atoms with E-state index in [0.29, 0.717) is 5.92 Å². The number of thiophene rings is 1. The average Bonchev–Trinajstić information content (AvgIpc) is 3.48. The molecule has 0 saturated carbocycles. The van der Waals surface area contributed by atoms with Crippen molar-refractivity contribution in [3.8, 4) is 0 Å². The lowest BCUT2D eigenvalue weighted by Crippen LogP contribution is -2.23. The third-order valence-corrected chi connectivity index (χ3v) is 8.15. The summed E-state index contributed by atoms with van der Waals surface area (Å²) in [7, 11) is 5.89. The number of aromatic nitrogens is 1. The molecule has 5 heteroatoms. The van der Waals surface area contributed by atoms with Crippen molar-refractivity contribution >= 4 is 38.2 Å². The normalized spacial score (nSPS) is 16.9. The molecular formula is C27H31N3OS. The first kappa shape index (κ1) is 21.2. The van der Waals surface area contributed by atoms with Gasteiger partial charge in [0.05, 0.1) is 4.88 Å². The van der Waals surface area contributed by atoms with Crippen LogP contribution in [0, 0.1) is 0 Å². The van der Waals surface area contributed by atoms with Gasteiger partial charge in [-0.1, -0.05) is 43.3 Å². The lowest BCUT2D eigenvalue weighted by Gasteiger charge is -2.18. The first-order valence-corrected chi connectivity index (χ1v) is 12.3. The molecule has 32 heavy (non-hydrogen) atoms. The van der Waals surface area contributed by atoms with E-state index in [4.69, 9.17) is 0 Å². The zero-order valence-corrected chi connectivity index (χ0v) is 20.2. The van der Waals surface area contributed by atoms with E-state index in [2.05, 4.69) is 72.0 Å². The molecule has 4 aromatic rings. The number of likely N-dealkylation sites (tertiary alicyclic amines) is 1. The molecule has 5 rings (SSSR count). The van der Waals surface area contributed by atoms with Crippen molar-refractivity contribution in [2.45, 2.75) is 32.2 Å². The van der Waals surface area contributed by atoms with E-state index in [1.807, 2.05) is 14.1 Å². The summed E-state index contributed by atoms with van der Waals surface area (Å²) in [4.78, 5) is 18.2. The first-order chi connectivity index (χ1) is 15.5. The Balaban J connectivity index is 1.48. The maximum absolute atomic E-state index is 13.0. The Morgan fingerprint density at radius 2 is 1.81 bits per heavy atom. The number of para-hydroxylation sites is 1. The maximum atomic E-state index is 13.0. The molecule has 2 aromatic carbocycles. The summed E-state index contributed by atoms with van der Waals surface area (Å²) in [5.74, 6) is 0.520. The zero-order valence-electron chi connectivity index (χ0n) is 19.4. The van der Waals surface area contributed by atoms with Gasteiger partial charge in [-0.2, -0.15) is 0 Å². The second-order valence-corrected chi connectivity index (χ2v) is 10.2. The predicted octanol–water partition coefficient (Wildman–Crippen LogP) is 5.65. The van der Waals surface area contributed by atoms with Crippen LogP contribution in [0.2, 0.25) is 0 Å². The Morgan fingerprint density at radius 3 is 2.56 bits per heavy atom. The molecule has 1 amide bonds. The van der Waals surface area contributed by atoms with Gasteiger partial charge >= 0.3 is 0 Å². The Morgan fingerprint density at radius 1 is 1.09 bits per heavy atom. The van der Waals surface area contributed by atoms with Gasteiger partial charge in [0.25, 0.3) is 5.91 Å². The second-order valence-electron chi connectivity index (χ2n) is 9.12. The van der Waals surface area contributed by atoms with E-state index in [0.717, 1.165) is 37.4 Å². The van der Waals surface area contributed by atoms with Gasteiger partial charge in [0.2, 0.25) is 0 Å². The summed E-state index contributed by atoms with van der Waals surface area (Å²) in [5.41, 5.74) is 5.48. The number of carbonyl (C=O) groups is 1. The van der Waals surface area contributed by atoms with Crippen LogP contribution < -0.4 is 0 Å². The highest BCUT2D eigenvalue weighted by Gasteiger charge is 2.31. The van der Waals surface area contributed by atoms with Crippen molar-refractivity contribution in [1.29, 1.82) is 0 Å². The third-order valence-electron chi connectivity index (χ3n) is 6.98. The highest BCUT2D eigenvalue weighted by Crippen LogP contribution is 2.41. The number of rotatable bonds is 5. The van der Waals surface area contributed by atoms with Crippen LogP contribution in [0.15, 0.2) is 48.5 Å². The van der Waals surface area contributed by atoms with Gasteiger partial charge < -0.3 is 9.47 Å². The minimum absolute atomic E-state index is 0.127. The molecule has 1 fully saturated rings. The summed E-state index contributed by atoms with van der Waals surface area (Å²) in [6, 6.07) is 17.3. The largest absolute Gasteiger partial charge is 0.347 e. The monoisotopic (exact) mass is 445 g/mol. The van der Waals surface area contributed by atoms with Crippen molar-refractivity contribution < 1.29 is 4.79 Å². The second kappa shape index (κ2) is 8.38. The van der Waals surface area contributed by atoms with E-state index >= 15 is 0 Å². The number of fused-ring (bicyclic) bond motifs is 2. The molecule has 2 aromatic heterocycles. The molecule has 0 radical (unpaired) electrons. The first-order valence-electron chi connectivity index (χ1n) is 11.5. The highest BCUT2D eigenvalue weighted by atomic mass is 32.1. The molecule has 1 unspecified atom stereocenters. The van der Waals surface area contributed by atoms with E-state index in [9.17, 15) is 4.79 Å². The van der Waals surface area contributed by atoms with Crippen LogP contribution in [0.5, 0.6) is 0 Å². The summed E-state index contributed by atoms with van der Waals surface area (Å²) >= 11 is 1.65. The Labute approximate surface area is 194 Å². The van der Waals surface area contributed by atoms with Crippen LogP contribution in [0.4, 0.5) is 0 Å². The minimum atomic E-state index is 0.127. The lowest BCUT2D eigenvalue weighted by molar-refractivity contribution is 0.0831. The number of carbonyl (C=O) groups excluding carboxylic acids is 1. The third kappa shape index (κ3) is 3.44. The van der Waals surface area contributed by atoms with Gasteiger partial charge in [-0.05, 0) is 48.0 Å². The van der Waals surface area contributed by atoms with Crippen molar-refractivity contribution in [3.63, 3.8) is 0 Å². The quantitative estimate of drug-likeness (QED) is 0.397. The van der Waals surface area contributed by atoms with Crippen LogP contribution in [-0.4, -0.2) is 47.5 Å². The maximum Gasteiger partial charge on any atom is 0.263 e. The molecule has 0 aliphatic carbocycles. The molecule has 1 aliphatic heterocycles. The predicted molar refractivity (Wildman–Crippen MR) is 135 cm³/mol. The molecular weight excluding hydrogens is 414 g/mol. The molecule has 4 nitrogen and oxygen atoms in total. The topological polar surface area (TPSA) is 28.5 Å². The molecule has 166 valence electrons. The molecule has 0 spiro atoms. The molecule has 3 heterocycles. The molecule has 1 saturated heterocycles. The number of amides is 1.